The number of aliphatic hydroxyl groups is 1. The Hall–Kier alpha value is -1.23. The first-order valence-electron chi connectivity index (χ1n) is 5.73. The summed E-state index contributed by atoms with van der Waals surface area (Å²) in [5.74, 6) is 0.857. The van der Waals surface area contributed by atoms with Gasteiger partial charge in [-0.25, -0.2) is 0 Å². The van der Waals surface area contributed by atoms with Crippen LogP contribution in [0.3, 0.4) is 0 Å². The summed E-state index contributed by atoms with van der Waals surface area (Å²) in [6.45, 7) is 0.336. The van der Waals surface area contributed by atoms with Gasteiger partial charge in [0.15, 0.2) is 0 Å². The second kappa shape index (κ2) is 6.09. The van der Waals surface area contributed by atoms with Gasteiger partial charge in [-0.3, -0.25) is 0 Å². The number of aromatic hydroxyl groups is 1. The van der Waals surface area contributed by atoms with E-state index in [0.717, 1.165) is 15.7 Å². The summed E-state index contributed by atoms with van der Waals surface area (Å²) in [5, 5.41) is 21.3. The van der Waals surface area contributed by atoms with Crippen LogP contribution in [-0.4, -0.2) is 35.8 Å². The first kappa shape index (κ1) is 13.2. The van der Waals surface area contributed by atoms with Gasteiger partial charge in [-0.15, -0.1) is 11.8 Å². The van der Waals surface area contributed by atoms with Crippen LogP contribution < -0.4 is 0 Å². The summed E-state index contributed by atoms with van der Waals surface area (Å²) in [5.41, 5.74) is 0. The van der Waals surface area contributed by atoms with Crippen molar-refractivity contribution in [1.82, 2.24) is 0 Å². The van der Waals surface area contributed by atoms with Crippen LogP contribution in [0.5, 0.6) is 5.75 Å². The van der Waals surface area contributed by atoms with Crippen LogP contribution in [0.1, 0.15) is 0 Å². The number of aliphatic hydroxyl groups excluding tert-OH is 1. The van der Waals surface area contributed by atoms with Crippen LogP contribution in [0.2, 0.25) is 0 Å². The van der Waals surface area contributed by atoms with E-state index in [0.29, 0.717) is 12.4 Å². The normalized spacial score (nSPS) is 12.8. The molecule has 3 nitrogen and oxygen atoms in total. The molecule has 2 aromatic rings. The second-order valence-corrected chi connectivity index (χ2v) is 5.11. The maximum atomic E-state index is 9.78. The standard InChI is InChI=1S/C14H16O3S/c1-17-8-10(15)9-18-14-7-6-13(16)11-4-2-3-5-12(11)14/h2-7,10,15-16H,8-9H2,1H3. The van der Waals surface area contributed by atoms with Crippen LogP contribution in [0.4, 0.5) is 0 Å². The molecule has 0 spiro atoms. The predicted molar refractivity (Wildman–Crippen MR) is 74.2 cm³/mol. The first-order valence-corrected chi connectivity index (χ1v) is 6.71. The molecular weight excluding hydrogens is 248 g/mol. The number of phenolic OH excluding ortho intramolecular Hbond substituents is 1. The van der Waals surface area contributed by atoms with Crippen molar-refractivity contribution in [1.29, 1.82) is 0 Å². The van der Waals surface area contributed by atoms with Crippen molar-refractivity contribution in [2.75, 3.05) is 19.5 Å². The number of hydrogen-bond acceptors (Lipinski definition) is 4. The molecule has 2 N–H and O–H groups in total. The van der Waals surface area contributed by atoms with Crippen LogP contribution >= 0.6 is 11.8 Å². The molecule has 1 unspecified atom stereocenters. The van der Waals surface area contributed by atoms with Crippen molar-refractivity contribution in [3.63, 3.8) is 0 Å². The SMILES string of the molecule is COCC(O)CSc1ccc(O)c2ccccc12. The maximum Gasteiger partial charge on any atom is 0.123 e. The molecule has 1 atom stereocenters. The van der Waals surface area contributed by atoms with E-state index >= 15 is 0 Å². The number of fused-ring (bicyclic) bond motifs is 1. The van der Waals surface area contributed by atoms with E-state index in [1.165, 1.54) is 0 Å². The third kappa shape index (κ3) is 2.96. The van der Waals surface area contributed by atoms with Gasteiger partial charge in [0.2, 0.25) is 0 Å². The molecule has 2 aromatic carbocycles. The highest BCUT2D eigenvalue weighted by molar-refractivity contribution is 7.99. The van der Waals surface area contributed by atoms with E-state index in [4.69, 9.17) is 4.74 Å². The Morgan fingerprint density at radius 2 is 1.89 bits per heavy atom. The molecule has 0 saturated carbocycles. The van der Waals surface area contributed by atoms with Crippen LogP contribution in [-0.2, 0) is 4.74 Å². The van der Waals surface area contributed by atoms with Gasteiger partial charge in [0.25, 0.3) is 0 Å². The third-order valence-electron chi connectivity index (χ3n) is 2.65. The molecule has 0 fully saturated rings. The lowest BCUT2D eigenvalue weighted by Gasteiger charge is -2.11. The van der Waals surface area contributed by atoms with E-state index in [-0.39, 0.29) is 5.75 Å². The fraction of sp³-hybridized carbons (Fsp3) is 0.286. The molecule has 0 aliphatic heterocycles. The Balaban J connectivity index is 2.21. The van der Waals surface area contributed by atoms with Gasteiger partial charge in [-0.1, -0.05) is 24.3 Å². The van der Waals surface area contributed by atoms with Crippen molar-refractivity contribution in [2.24, 2.45) is 0 Å². The highest BCUT2D eigenvalue weighted by atomic mass is 32.2. The zero-order valence-electron chi connectivity index (χ0n) is 10.2. The molecule has 0 radical (unpaired) electrons. The molecule has 18 heavy (non-hydrogen) atoms. The number of thioether (sulfide) groups is 1. The van der Waals surface area contributed by atoms with Crippen molar-refractivity contribution in [3.8, 4) is 5.75 Å². The molecule has 0 aromatic heterocycles. The van der Waals surface area contributed by atoms with Gasteiger partial charge >= 0.3 is 0 Å². The summed E-state index contributed by atoms with van der Waals surface area (Å²) >= 11 is 1.57. The van der Waals surface area contributed by atoms with Crippen molar-refractivity contribution < 1.29 is 14.9 Å². The van der Waals surface area contributed by atoms with E-state index in [1.54, 1.807) is 24.9 Å². The lowest BCUT2D eigenvalue weighted by atomic mass is 10.1. The van der Waals surface area contributed by atoms with Crippen LogP contribution in [0, 0.1) is 0 Å². The number of hydrogen-bond donors (Lipinski definition) is 2. The lowest BCUT2D eigenvalue weighted by molar-refractivity contribution is 0.0794. The smallest absolute Gasteiger partial charge is 0.123 e. The molecule has 4 heteroatoms. The van der Waals surface area contributed by atoms with E-state index in [2.05, 4.69) is 0 Å². The quantitative estimate of drug-likeness (QED) is 0.815. The Morgan fingerprint density at radius 1 is 1.17 bits per heavy atom. The predicted octanol–water partition coefficient (Wildman–Crippen LogP) is 2.64. The van der Waals surface area contributed by atoms with E-state index in [1.807, 2.05) is 30.3 Å². The topological polar surface area (TPSA) is 49.7 Å². The molecule has 0 bridgehead atoms. The summed E-state index contributed by atoms with van der Waals surface area (Å²) < 4.78 is 4.90. The number of ether oxygens (including phenoxy) is 1. The Morgan fingerprint density at radius 3 is 2.61 bits per heavy atom. The van der Waals surface area contributed by atoms with Gasteiger partial charge in [-0.05, 0) is 17.5 Å². The number of phenols is 1. The summed E-state index contributed by atoms with van der Waals surface area (Å²) in [6.07, 6.45) is -0.479. The monoisotopic (exact) mass is 264 g/mol. The lowest BCUT2D eigenvalue weighted by Crippen LogP contribution is -2.16. The van der Waals surface area contributed by atoms with Gasteiger partial charge in [0.05, 0.1) is 12.7 Å². The molecule has 2 rings (SSSR count). The second-order valence-electron chi connectivity index (χ2n) is 4.05. The largest absolute Gasteiger partial charge is 0.507 e. The fourth-order valence-corrected chi connectivity index (χ4v) is 2.77. The molecule has 0 saturated heterocycles. The van der Waals surface area contributed by atoms with Crippen LogP contribution in [0.25, 0.3) is 10.8 Å². The summed E-state index contributed by atoms with van der Waals surface area (Å²) in [4.78, 5) is 1.05. The third-order valence-corrected chi connectivity index (χ3v) is 3.87. The molecular formula is C14H16O3S. The summed E-state index contributed by atoms with van der Waals surface area (Å²) in [6, 6.07) is 11.3. The first-order chi connectivity index (χ1) is 8.72. The molecule has 0 aliphatic rings. The number of benzene rings is 2. The Labute approximate surface area is 110 Å². The average Bonchev–Trinajstić information content (AvgIpc) is 2.39. The Bertz CT molecular complexity index is 527. The molecule has 0 heterocycles. The van der Waals surface area contributed by atoms with Crippen molar-refractivity contribution in [3.05, 3.63) is 36.4 Å². The maximum absolute atomic E-state index is 9.78. The van der Waals surface area contributed by atoms with Crippen molar-refractivity contribution >= 4 is 22.5 Å². The molecule has 96 valence electrons. The Kier molecular flexibility index (Phi) is 4.47. The minimum Gasteiger partial charge on any atom is -0.507 e. The van der Waals surface area contributed by atoms with E-state index in [9.17, 15) is 10.2 Å². The van der Waals surface area contributed by atoms with Gasteiger partial charge < -0.3 is 14.9 Å². The van der Waals surface area contributed by atoms with Crippen LogP contribution in [0.15, 0.2) is 41.3 Å². The highest BCUT2D eigenvalue weighted by Gasteiger charge is 2.08. The minimum atomic E-state index is -0.479. The average molecular weight is 264 g/mol. The van der Waals surface area contributed by atoms with Gasteiger partial charge in [0, 0.05) is 23.1 Å². The fourth-order valence-electron chi connectivity index (χ4n) is 1.81. The molecule has 0 amide bonds. The van der Waals surface area contributed by atoms with Crippen molar-refractivity contribution in [2.45, 2.75) is 11.0 Å². The van der Waals surface area contributed by atoms with Gasteiger partial charge in [-0.2, -0.15) is 0 Å². The summed E-state index contributed by atoms with van der Waals surface area (Å²) in [7, 11) is 1.57. The number of rotatable bonds is 5. The molecule has 0 aliphatic carbocycles. The minimum absolute atomic E-state index is 0.285. The zero-order chi connectivity index (χ0) is 13.0. The van der Waals surface area contributed by atoms with E-state index < -0.39 is 6.10 Å². The van der Waals surface area contributed by atoms with Gasteiger partial charge in [0.1, 0.15) is 5.75 Å². The zero-order valence-corrected chi connectivity index (χ0v) is 11.0. The number of methoxy groups -OCH3 is 1. The highest BCUT2D eigenvalue weighted by Crippen LogP contribution is 2.33.